The van der Waals surface area contributed by atoms with Crippen molar-refractivity contribution in [2.45, 2.75) is 44.6 Å². The van der Waals surface area contributed by atoms with E-state index in [-0.39, 0.29) is 31.0 Å². The van der Waals surface area contributed by atoms with Crippen LogP contribution < -0.4 is 5.32 Å². The van der Waals surface area contributed by atoms with E-state index in [4.69, 9.17) is 0 Å². The lowest BCUT2D eigenvalue weighted by Crippen LogP contribution is -2.45. The van der Waals surface area contributed by atoms with E-state index in [0.29, 0.717) is 24.8 Å². The number of carbonyl (C=O) groups excluding carboxylic acids is 1. The monoisotopic (exact) mass is 374 g/mol. The number of hydrogen-bond acceptors (Lipinski definition) is 3. The molecular weight excluding hydrogens is 350 g/mol. The van der Waals surface area contributed by atoms with E-state index in [9.17, 15) is 22.0 Å². The first-order chi connectivity index (χ1) is 11.6. The summed E-state index contributed by atoms with van der Waals surface area (Å²) in [6.07, 6.45) is 0.765. The van der Waals surface area contributed by atoms with Gasteiger partial charge in [-0.25, -0.2) is 17.2 Å². The van der Waals surface area contributed by atoms with Crippen LogP contribution in [-0.2, 0) is 14.8 Å². The first kappa shape index (κ1) is 19.8. The van der Waals surface area contributed by atoms with Crippen LogP contribution >= 0.6 is 0 Å². The van der Waals surface area contributed by atoms with Crippen LogP contribution in [0.25, 0.3) is 0 Å². The van der Waals surface area contributed by atoms with Crippen LogP contribution in [-0.4, -0.2) is 37.8 Å². The highest BCUT2D eigenvalue weighted by atomic mass is 32.2. The topological polar surface area (TPSA) is 66.5 Å². The van der Waals surface area contributed by atoms with Gasteiger partial charge in [0, 0.05) is 31.1 Å². The van der Waals surface area contributed by atoms with Crippen molar-refractivity contribution in [2.75, 3.05) is 13.1 Å². The summed E-state index contributed by atoms with van der Waals surface area (Å²) in [6, 6.07) is 2.29. The normalized spacial score (nSPS) is 18.3. The predicted octanol–water partition coefficient (Wildman–Crippen LogP) is 2.53. The number of nitrogens with zero attached hydrogens (tertiary/aromatic N) is 1. The number of halogens is 2. The molecule has 0 aromatic heterocycles. The number of amides is 1. The van der Waals surface area contributed by atoms with Crippen LogP contribution in [0.2, 0.25) is 0 Å². The molecule has 1 fully saturated rings. The first-order valence-electron chi connectivity index (χ1n) is 8.38. The second-order valence-electron chi connectivity index (χ2n) is 6.82. The fourth-order valence-electron chi connectivity index (χ4n) is 2.69. The summed E-state index contributed by atoms with van der Waals surface area (Å²) in [7, 11) is -3.97. The zero-order valence-corrected chi connectivity index (χ0v) is 15.4. The van der Waals surface area contributed by atoms with E-state index in [0.717, 1.165) is 12.1 Å². The SMILES string of the molecule is CC(C)C(C)NC(=O)C1CCN(S(=O)(=O)c2cc(F)cc(F)c2)CC1. The number of hydrogen-bond donors (Lipinski definition) is 1. The van der Waals surface area contributed by atoms with Gasteiger partial charge in [-0.1, -0.05) is 13.8 Å². The van der Waals surface area contributed by atoms with Gasteiger partial charge in [-0.05, 0) is 37.8 Å². The number of sulfonamides is 1. The van der Waals surface area contributed by atoms with Crippen molar-refractivity contribution >= 4 is 15.9 Å². The summed E-state index contributed by atoms with van der Waals surface area (Å²) in [4.78, 5) is 11.8. The van der Waals surface area contributed by atoms with E-state index in [1.165, 1.54) is 4.31 Å². The lowest BCUT2D eigenvalue weighted by atomic mass is 9.96. The summed E-state index contributed by atoms with van der Waals surface area (Å²) in [5.41, 5.74) is 0. The van der Waals surface area contributed by atoms with E-state index in [2.05, 4.69) is 5.32 Å². The quantitative estimate of drug-likeness (QED) is 0.861. The van der Waals surface area contributed by atoms with Crippen LogP contribution in [0.1, 0.15) is 33.6 Å². The van der Waals surface area contributed by atoms with E-state index >= 15 is 0 Å². The molecule has 0 spiro atoms. The van der Waals surface area contributed by atoms with Crippen molar-refractivity contribution in [1.29, 1.82) is 0 Å². The molecule has 0 aliphatic carbocycles. The third-order valence-electron chi connectivity index (χ3n) is 4.67. The Morgan fingerprint density at radius 2 is 1.64 bits per heavy atom. The molecule has 1 aromatic carbocycles. The minimum absolute atomic E-state index is 0.0459. The molecule has 1 amide bonds. The molecule has 1 aliphatic rings. The third kappa shape index (κ3) is 4.76. The second kappa shape index (κ2) is 7.78. The lowest BCUT2D eigenvalue weighted by Gasteiger charge is -2.31. The van der Waals surface area contributed by atoms with E-state index in [1.807, 2.05) is 20.8 Å². The van der Waals surface area contributed by atoms with Crippen molar-refractivity contribution in [1.82, 2.24) is 9.62 Å². The van der Waals surface area contributed by atoms with Crippen LogP contribution in [0.5, 0.6) is 0 Å². The molecule has 140 valence electrons. The number of piperidine rings is 1. The van der Waals surface area contributed by atoms with Gasteiger partial charge in [0.05, 0.1) is 4.90 Å². The van der Waals surface area contributed by atoms with Crippen LogP contribution in [0.15, 0.2) is 23.1 Å². The Kier molecular flexibility index (Phi) is 6.16. The van der Waals surface area contributed by atoms with Gasteiger partial charge in [0.15, 0.2) is 0 Å². The zero-order chi connectivity index (χ0) is 18.8. The Labute approximate surface area is 147 Å². The summed E-state index contributed by atoms with van der Waals surface area (Å²) in [5, 5.41) is 2.94. The molecule has 1 saturated heterocycles. The number of nitrogens with one attached hydrogen (secondary N) is 1. The molecule has 1 heterocycles. The fourth-order valence-corrected chi connectivity index (χ4v) is 4.21. The summed E-state index contributed by atoms with van der Waals surface area (Å²) in [6.45, 7) is 6.25. The van der Waals surface area contributed by atoms with Gasteiger partial charge in [-0.15, -0.1) is 0 Å². The van der Waals surface area contributed by atoms with Crippen LogP contribution in [0.3, 0.4) is 0 Å². The van der Waals surface area contributed by atoms with Gasteiger partial charge < -0.3 is 5.32 Å². The average molecular weight is 374 g/mol. The molecular formula is C17H24F2N2O3S. The standard InChI is InChI=1S/C17H24F2N2O3S/c1-11(2)12(3)20-17(22)13-4-6-21(7-5-13)25(23,24)16-9-14(18)8-15(19)10-16/h8-13H,4-7H2,1-3H3,(H,20,22). The van der Waals surface area contributed by atoms with Gasteiger partial charge in [0.1, 0.15) is 11.6 Å². The highest BCUT2D eigenvalue weighted by Crippen LogP contribution is 2.25. The average Bonchev–Trinajstić information content (AvgIpc) is 2.53. The highest BCUT2D eigenvalue weighted by Gasteiger charge is 2.33. The largest absolute Gasteiger partial charge is 0.353 e. The molecule has 1 atom stereocenters. The minimum atomic E-state index is -3.97. The van der Waals surface area contributed by atoms with Crippen LogP contribution in [0.4, 0.5) is 8.78 Å². The molecule has 0 radical (unpaired) electrons. The maximum atomic E-state index is 13.3. The molecule has 1 aliphatic heterocycles. The van der Waals surface area contributed by atoms with Crippen molar-refractivity contribution in [3.63, 3.8) is 0 Å². The summed E-state index contributed by atoms with van der Waals surface area (Å²) < 4.78 is 52.8. The molecule has 25 heavy (non-hydrogen) atoms. The zero-order valence-electron chi connectivity index (χ0n) is 14.6. The molecule has 1 N–H and O–H groups in total. The summed E-state index contributed by atoms with van der Waals surface area (Å²) >= 11 is 0. The van der Waals surface area contributed by atoms with Crippen molar-refractivity contribution in [3.8, 4) is 0 Å². The van der Waals surface area contributed by atoms with Gasteiger partial charge >= 0.3 is 0 Å². The summed E-state index contributed by atoms with van der Waals surface area (Å²) in [5.74, 6) is -1.88. The Hall–Kier alpha value is -1.54. The fraction of sp³-hybridized carbons (Fsp3) is 0.588. The maximum absolute atomic E-state index is 13.3. The Morgan fingerprint density at radius 3 is 2.12 bits per heavy atom. The van der Waals surface area contributed by atoms with Crippen molar-refractivity contribution in [2.24, 2.45) is 11.8 Å². The first-order valence-corrected chi connectivity index (χ1v) is 9.82. The maximum Gasteiger partial charge on any atom is 0.243 e. The Morgan fingerprint density at radius 1 is 1.12 bits per heavy atom. The Bertz CT molecular complexity index is 709. The van der Waals surface area contributed by atoms with Gasteiger partial charge in [0.25, 0.3) is 0 Å². The second-order valence-corrected chi connectivity index (χ2v) is 8.76. The van der Waals surface area contributed by atoms with Crippen molar-refractivity contribution < 1.29 is 22.0 Å². The molecule has 0 saturated carbocycles. The molecule has 5 nitrogen and oxygen atoms in total. The van der Waals surface area contributed by atoms with E-state index < -0.39 is 26.6 Å². The van der Waals surface area contributed by atoms with Crippen molar-refractivity contribution in [3.05, 3.63) is 29.8 Å². The number of rotatable bonds is 5. The smallest absolute Gasteiger partial charge is 0.243 e. The van der Waals surface area contributed by atoms with E-state index in [1.54, 1.807) is 0 Å². The Balaban J connectivity index is 2.02. The minimum Gasteiger partial charge on any atom is -0.353 e. The van der Waals surface area contributed by atoms with Gasteiger partial charge in [0.2, 0.25) is 15.9 Å². The molecule has 1 unspecified atom stereocenters. The molecule has 1 aromatic rings. The van der Waals surface area contributed by atoms with Gasteiger partial charge in [-0.2, -0.15) is 4.31 Å². The molecule has 8 heteroatoms. The van der Waals surface area contributed by atoms with Gasteiger partial charge in [-0.3, -0.25) is 4.79 Å². The van der Waals surface area contributed by atoms with Crippen LogP contribution in [0, 0.1) is 23.5 Å². The highest BCUT2D eigenvalue weighted by molar-refractivity contribution is 7.89. The number of benzene rings is 1. The molecule has 2 rings (SSSR count). The molecule has 0 bridgehead atoms. The third-order valence-corrected chi connectivity index (χ3v) is 6.54. The lowest BCUT2D eigenvalue weighted by molar-refractivity contribution is -0.127. The predicted molar refractivity (Wildman–Crippen MR) is 90.3 cm³/mol. The number of carbonyl (C=O) groups is 1.